The van der Waals surface area contributed by atoms with Crippen LogP contribution in [0.3, 0.4) is 0 Å². The summed E-state index contributed by atoms with van der Waals surface area (Å²) in [6.45, 7) is 5.70. The molecular weight excluding hydrogens is 532 g/mol. The summed E-state index contributed by atoms with van der Waals surface area (Å²) < 4.78 is 7.39. The summed E-state index contributed by atoms with van der Waals surface area (Å²) in [5.74, 6) is -0.352. The lowest BCUT2D eigenvalue weighted by molar-refractivity contribution is 0.102. The molecule has 0 fully saturated rings. The van der Waals surface area contributed by atoms with Crippen molar-refractivity contribution in [2.75, 3.05) is 5.32 Å². The standard InChI is InChI=1S/C33H28N4O3S/c1-4-21-7-5-6-8-27(21)36-31(39)26-16-25-23(18-38)17-34-20(3)30(25)40-32(26)35-24-12-10-22(11-13-24)33-37-28-14-9-19(2)15-29(28)41-33/h5-17,38H,4,18H2,1-3H3,(H,36,39). The molecule has 1 amide bonds. The summed E-state index contributed by atoms with van der Waals surface area (Å²) in [7, 11) is 0. The lowest BCUT2D eigenvalue weighted by atomic mass is 10.1. The average molecular weight is 561 g/mol. The second kappa shape index (κ2) is 11.1. The van der Waals surface area contributed by atoms with E-state index in [-0.39, 0.29) is 23.6 Å². The Hall–Kier alpha value is -4.66. The number of anilines is 1. The van der Waals surface area contributed by atoms with Gasteiger partial charge in [0.1, 0.15) is 10.6 Å². The number of fused-ring (bicyclic) bond motifs is 2. The molecule has 0 bridgehead atoms. The largest absolute Gasteiger partial charge is 0.436 e. The molecule has 3 aromatic heterocycles. The third-order valence-electron chi connectivity index (χ3n) is 7.00. The molecule has 2 N–H and O–H groups in total. The topological polar surface area (TPSA) is 101 Å². The van der Waals surface area contributed by atoms with E-state index in [1.807, 2.05) is 68.4 Å². The number of carbonyl (C=O) groups excluding carboxylic acids is 1. The number of thiazole rings is 1. The van der Waals surface area contributed by atoms with Crippen LogP contribution in [0.25, 0.3) is 31.8 Å². The fraction of sp³-hybridized carbons (Fsp3) is 0.152. The highest BCUT2D eigenvalue weighted by atomic mass is 32.1. The number of hydrogen-bond acceptors (Lipinski definition) is 7. The highest BCUT2D eigenvalue weighted by Gasteiger charge is 2.17. The molecule has 0 aliphatic rings. The molecular formula is C33H28N4O3S. The molecule has 204 valence electrons. The Morgan fingerprint density at radius 1 is 1.02 bits per heavy atom. The van der Waals surface area contributed by atoms with E-state index in [4.69, 9.17) is 14.4 Å². The van der Waals surface area contributed by atoms with Crippen LogP contribution in [-0.2, 0) is 13.0 Å². The maximum atomic E-state index is 13.7. The fourth-order valence-electron chi connectivity index (χ4n) is 4.75. The third kappa shape index (κ3) is 5.27. The first kappa shape index (κ1) is 26.6. The monoisotopic (exact) mass is 560 g/mol. The summed E-state index contributed by atoms with van der Waals surface area (Å²) in [6, 6.07) is 23.4. The van der Waals surface area contributed by atoms with Gasteiger partial charge in [-0.3, -0.25) is 9.78 Å². The van der Waals surface area contributed by atoms with Gasteiger partial charge in [-0.05, 0) is 79.9 Å². The minimum Gasteiger partial charge on any atom is -0.436 e. The Labute approximate surface area is 240 Å². The van der Waals surface area contributed by atoms with Gasteiger partial charge >= 0.3 is 0 Å². The Morgan fingerprint density at radius 3 is 2.61 bits per heavy atom. The zero-order valence-corrected chi connectivity index (χ0v) is 23.7. The van der Waals surface area contributed by atoms with Gasteiger partial charge in [0.2, 0.25) is 5.55 Å². The number of aliphatic hydroxyl groups is 1. The Morgan fingerprint density at radius 2 is 1.83 bits per heavy atom. The van der Waals surface area contributed by atoms with Crippen LogP contribution in [0.1, 0.15) is 39.7 Å². The molecule has 0 saturated heterocycles. The van der Waals surface area contributed by atoms with Crippen molar-refractivity contribution in [1.29, 1.82) is 0 Å². The summed E-state index contributed by atoms with van der Waals surface area (Å²) in [5.41, 5.74) is 7.65. The number of benzene rings is 3. The summed E-state index contributed by atoms with van der Waals surface area (Å²) in [6.07, 6.45) is 2.37. The van der Waals surface area contributed by atoms with Gasteiger partial charge in [0.25, 0.3) is 5.91 Å². The summed E-state index contributed by atoms with van der Waals surface area (Å²) in [4.78, 5) is 27.5. The molecule has 0 aliphatic carbocycles. The minimum atomic E-state index is -0.352. The number of carbonyl (C=O) groups is 1. The van der Waals surface area contributed by atoms with E-state index >= 15 is 0 Å². The van der Waals surface area contributed by atoms with Crippen LogP contribution in [-0.4, -0.2) is 21.0 Å². The molecule has 6 rings (SSSR count). The number of nitrogens with one attached hydrogen (secondary N) is 1. The SMILES string of the molecule is CCc1ccccc1NC(=O)c1cc2c(CO)cnc(C)c2oc1=Nc1ccc(-c2nc3ccc(C)cc3s2)cc1. The van der Waals surface area contributed by atoms with Crippen molar-refractivity contribution in [3.8, 4) is 10.6 Å². The van der Waals surface area contributed by atoms with Crippen molar-refractivity contribution >= 4 is 49.8 Å². The summed E-state index contributed by atoms with van der Waals surface area (Å²) in [5, 5.41) is 14.5. The van der Waals surface area contributed by atoms with Gasteiger partial charge in [-0.1, -0.05) is 31.2 Å². The smallest absolute Gasteiger partial charge is 0.261 e. The Kier molecular flexibility index (Phi) is 7.17. The number of amides is 1. The van der Waals surface area contributed by atoms with Crippen LogP contribution in [0.4, 0.5) is 11.4 Å². The van der Waals surface area contributed by atoms with Crippen molar-refractivity contribution < 1.29 is 14.3 Å². The molecule has 0 saturated carbocycles. The number of rotatable bonds is 6. The lowest BCUT2D eigenvalue weighted by Crippen LogP contribution is -2.22. The minimum absolute atomic E-state index is 0.159. The van der Waals surface area contributed by atoms with E-state index in [0.29, 0.717) is 27.9 Å². The van der Waals surface area contributed by atoms with E-state index < -0.39 is 0 Å². The van der Waals surface area contributed by atoms with Crippen molar-refractivity contribution in [1.82, 2.24) is 9.97 Å². The van der Waals surface area contributed by atoms with Crippen LogP contribution in [0.2, 0.25) is 0 Å². The van der Waals surface area contributed by atoms with Gasteiger partial charge < -0.3 is 14.8 Å². The zero-order valence-electron chi connectivity index (χ0n) is 22.9. The van der Waals surface area contributed by atoms with Gasteiger partial charge in [0, 0.05) is 28.4 Å². The molecule has 8 heteroatoms. The van der Waals surface area contributed by atoms with E-state index in [1.165, 1.54) is 5.56 Å². The van der Waals surface area contributed by atoms with E-state index in [1.54, 1.807) is 23.6 Å². The highest BCUT2D eigenvalue weighted by Crippen LogP contribution is 2.32. The van der Waals surface area contributed by atoms with Crippen LogP contribution in [0.15, 0.2) is 88.4 Å². The van der Waals surface area contributed by atoms with Gasteiger partial charge in [-0.15, -0.1) is 11.3 Å². The fourth-order valence-corrected chi connectivity index (χ4v) is 5.82. The van der Waals surface area contributed by atoms with Crippen LogP contribution in [0.5, 0.6) is 0 Å². The number of hydrogen-bond donors (Lipinski definition) is 2. The Bertz CT molecular complexity index is 1990. The second-order valence-electron chi connectivity index (χ2n) is 9.85. The molecule has 0 atom stereocenters. The number of pyridine rings is 1. The molecule has 3 heterocycles. The van der Waals surface area contributed by atoms with E-state index in [0.717, 1.165) is 38.5 Å². The maximum Gasteiger partial charge on any atom is 0.261 e. The predicted molar refractivity (Wildman–Crippen MR) is 163 cm³/mol. The quantitative estimate of drug-likeness (QED) is 0.223. The van der Waals surface area contributed by atoms with Crippen molar-refractivity contribution in [3.05, 3.63) is 112 Å². The van der Waals surface area contributed by atoms with Crippen LogP contribution >= 0.6 is 11.3 Å². The number of para-hydroxylation sites is 1. The Balaban J connectivity index is 1.44. The second-order valence-corrected chi connectivity index (χ2v) is 10.9. The zero-order chi connectivity index (χ0) is 28.5. The molecule has 7 nitrogen and oxygen atoms in total. The molecule has 0 unspecified atom stereocenters. The van der Waals surface area contributed by atoms with Gasteiger partial charge in [0.05, 0.1) is 28.2 Å². The normalized spacial score (nSPS) is 11.9. The van der Waals surface area contributed by atoms with Crippen LogP contribution < -0.4 is 10.9 Å². The number of aliphatic hydroxyl groups excluding tert-OH is 1. The third-order valence-corrected chi connectivity index (χ3v) is 8.07. The number of aryl methyl sites for hydroxylation is 3. The highest BCUT2D eigenvalue weighted by molar-refractivity contribution is 7.21. The summed E-state index contributed by atoms with van der Waals surface area (Å²) >= 11 is 1.65. The number of nitrogens with zero attached hydrogens (tertiary/aromatic N) is 3. The number of aromatic nitrogens is 2. The van der Waals surface area contributed by atoms with Crippen LogP contribution in [0, 0.1) is 13.8 Å². The maximum absolute atomic E-state index is 13.7. The molecule has 6 aromatic rings. The molecule has 0 aliphatic heterocycles. The lowest BCUT2D eigenvalue weighted by Gasteiger charge is -2.12. The first-order valence-corrected chi connectivity index (χ1v) is 14.2. The van der Waals surface area contributed by atoms with E-state index in [9.17, 15) is 9.90 Å². The van der Waals surface area contributed by atoms with Crippen molar-refractivity contribution in [3.63, 3.8) is 0 Å². The predicted octanol–water partition coefficient (Wildman–Crippen LogP) is 7.26. The molecule has 0 spiro atoms. The first-order valence-electron chi connectivity index (χ1n) is 13.4. The first-order chi connectivity index (χ1) is 19.9. The average Bonchev–Trinajstić information content (AvgIpc) is 3.41. The molecule has 41 heavy (non-hydrogen) atoms. The van der Waals surface area contributed by atoms with Gasteiger partial charge in [-0.2, -0.15) is 0 Å². The van der Waals surface area contributed by atoms with Gasteiger partial charge in [-0.25, -0.2) is 9.98 Å². The molecule has 0 radical (unpaired) electrons. The van der Waals surface area contributed by atoms with Gasteiger partial charge in [0.15, 0.2) is 5.58 Å². The van der Waals surface area contributed by atoms with E-state index in [2.05, 4.69) is 29.4 Å². The van der Waals surface area contributed by atoms with Crippen molar-refractivity contribution in [2.45, 2.75) is 33.8 Å². The van der Waals surface area contributed by atoms with Crippen molar-refractivity contribution in [2.24, 2.45) is 4.99 Å². The molecule has 3 aromatic carbocycles.